The number of anilines is 1. The lowest BCUT2D eigenvalue weighted by Gasteiger charge is -2.29. The smallest absolute Gasteiger partial charge is 0.271 e. The van der Waals surface area contributed by atoms with Gasteiger partial charge in [-0.3, -0.25) is 9.52 Å². The molecule has 1 saturated carbocycles. The summed E-state index contributed by atoms with van der Waals surface area (Å²) in [6.07, 6.45) is 4.95. The van der Waals surface area contributed by atoms with Gasteiger partial charge in [-0.2, -0.15) is 0 Å². The number of hydrogen-bond donors (Lipinski definition) is 2. The second-order valence-electron chi connectivity index (χ2n) is 6.85. The summed E-state index contributed by atoms with van der Waals surface area (Å²) in [7, 11) is -3.54. The van der Waals surface area contributed by atoms with Crippen LogP contribution in [0.4, 0.5) is 5.69 Å². The Morgan fingerprint density at radius 2 is 1.88 bits per heavy atom. The number of hydrogen-bond acceptors (Lipinski definition) is 4. The Kier molecular flexibility index (Phi) is 5.98. The van der Waals surface area contributed by atoms with Gasteiger partial charge in [0, 0.05) is 11.7 Å². The minimum absolute atomic E-state index is 0.0238. The third-order valence-electron chi connectivity index (χ3n) is 4.79. The number of sulfonamides is 1. The molecule has 26 heavy (non-hydrogen) atoms. The molecule has 1 aromatic carbocycles. The van der Waals surface area contributed by atoms with E-state index in [1.165, 1.54) is 30.6 Å². The van der Waals surface area contributed by atoms with Gasteiger partial charge in [0.05, 0.1) is 6.42 Å². The topological polar surface area (TPSA) is 75.3 Å². The molecule has 1 aliphatic carbocycles. The van der Waals surface area contributed by atoms with Gasteiger partial charge in [0.25, 0.3) is 10.0 Å². The largest absolute Gasteiger partial charge is 0.353 e. The van der Waals surface area contributed by atoms with Crippen molar-refractivity contribution < 1.29 is 13.2 Å². The van der Waals surface area contributed by atoms with Gasteiger partial charge in [-0.05, 0) is 47.9 Å². The van der Waals surface area contributed by atoms with E-state index in [2.05, 4.69) is 17.0 Å². The van der Waals surface area contributed by atoms with E-state index in [0.717, 1.165) is 12.0 Å². The fraction of sp³-hybridized carbons (Fsp3) is 0.421. The second-order valence-corrected chi connectivity index (χ2v) is 9.70. The van der Waals surface area contributed by atoms with E-state index < -0.39 is 10.0 Å². The van der Waals surface area contributed by atoms with Crippen molar-refractivity contribution in [1.29, 1.82) is 0 Å². The van der Waals surface area contributed by atoms with E-state index in [0.29, 0.717) is 18.0 Å². The molecule has 0 spiro atoms. The van der Waals surface area contributed by atoms with Crippen molar-refractivity contribution in [2.45, 2.75) is 49.3 Å². The van der Waals surface area contributed by atoms with Crippen LogP contribution in [0, 0.1) is 5.92 Å². The number of thiophene rings is 1. The molecule has 3 rings (SSSR count). The first kappa shape index (κ1) is 18.9. The second kappa shape index (κ2) is 8.22. The van der Waals surface area contributed by atoms with Crippen LogP contribution in [-0.2, 0) is 21.2 Å². The number of carbonyl (C=O) groups is 1. The number of benzene rings is 1. The number of amides is 1. The molecule has 1 aliphatic rings. The molecule has 1 amide bonds. The van der Waals surface area contributed by atoms with Crippen LogP contribution in [0.2, 0.25) is 0 Å². The van der Waals surface area contributed by atoms with E-state index in [9.17, 15) is 13.2 Å². The molecule has 5 nitrogen and oxygen atoms in total. The average molecular weight is 393 g/mol. The summed E-state index contributed by atoms with van der Waals surface area (Å²) in [5.41, 5.74) is 1.36. The third kappa shape index (κ3) is 4.86. The quantitative estimate of drug-likeness (QED) is 0.785. The zero-order valence-electron chi connectivity index (χ0n) is 14.8. The molecule has 1 fully saturated rings. The first-order chi connectivity index (χ1) is 12.4. The van der Waals surface area contributed by atoms with Crippen LogP contribution in [0.3, 0.4) is 0 Å². The molecule has 0 saturated heterocycles. The van der Waals surface area contributed by atoms with Gasteiger partial charge < -0.3 is 5.32 Å². The number of carbonyl (C=O) groups excluding carboxylic acids is 1. The Morgan fingerprint density at radius 3 is 2.54 bits per heavy atom. The van der Waals surface area contributed by atoms with Crippen LogP contribution >= 0.6 is 11.3 Å². The normalized spacial score (nSPS) is 20.5. The van der Waals surface area contributed by atoms with Crippen LogP contribution in [0.5, 0.6) is 0 Å². The molecule has 0 unspecified atom stereocenters. The third-order valence-corrected chi connectivity index (χ3v) is 7.57. The van der Waals surface area contributed by atoms with Crippen molar-refractivity contribution in [1.82, 2.24) is 5.32 Å². The molecule has 2 aromatic rings. The van der Waals surface area contributed by atoms with E-state index in [4.69, 9.17) is 0 Å². The molecule has 2 N–H and O–H groups in total. The van der Waals surface area contributed by atoms with Gasteiger partial charge >= 0.3 is 0 Å². The summed E-state index contributed by atoms with van der Waals surface area (Å²) in [6.45, 7) is 2.19. The van der Waals surface area contributed by atoms with E-state index >= 15 is 0 Å². The maximum atomic E-state index is 12.3. The fourth-order valence-electron chi connectivity index (χ4n) is 3.29. The summed E-state index contributed by atoms with van der Waals surface area (Å²) in [4.78, 5) is 12.3. The van der Waals surface area contributed by atoms with Crippen molar-refractivity contribution in [2.75, 3.05) is 4.72 Å². The lowest BCUT2D eigenvalue weighted by atomic mass is 9.86. The van der Waals surface area contributed by atoms with Gasteiger partial charge in [-0.15, -0.1) is 11.3 Å². The Labute approximate surface area is 158 Å². The standard InChI is InChI=1S/C19H24N2O3S2/c1-14-5-2-3-6-17(14)20-18(22)13-15-8-10-16(11-9-15)21-26(23,24)19-7-4-12-25-19/h4,7-12,14,17,21H,2-3,5-6,13H2,1H3,(H,20,22)/t14-,17+/m1/s1. The minimum Gasteiger partial charge on any atom is -0.353 e. The summed E-state index contributed by atoms with van der Waals surface area (Å²) in [5, 5.41) is 4.87. The van der Waals surface area contributed by atoms with Gasteiger partial charge in [-0.1, -0.05) is 38.0 Å². The predicted molar refractivity (Wildman–Crippen MR) is 105 cm³/mol. The van der Waals surface area contributed by atoms with Crippen LogP contribution in [0.1, 0.15) is 38.2 Å². The lowest BCUT2D eigenvalue weighted by molar-refractivity contribution is -0.121. The summed E-state index contributed by atoms with van der Waals surface area (Å²) in [5.74, 6) is 0.553. The van der Waals surface area contributed by atoms with E-state index in [1.807, 2.05) is 0 Å². The van der Waals surface area contributed by atoms with Crippen molar-refractivity contribution >= 4 is 33.0 Å². The Morgan fingerprint density at radius 1 is 1.15 bits per heavy atom. The van der Waals surface area contributed by atoms with Crippen molar-refractivity contribution in [3.8, 4) is 0 Å². The predicted octanol–water partition coefficient (Wildman–Crippen LogP) is 3.79. The highest BCUT2D eigenvalue weighted by Gasteiger charge is 2.22. The van der Waals surface area contributed by atoms with Gasteiger partial charge in [0.2, 0.25) is 5.91 Å². The molecular weight excluding hydrogens is 368 g/mol. The average Bonchev–Trinajstić information content (AvgIpc) is 3.14. The Bertz CT molecular complexity index is 830. The number of rotatable bonds is 6. The SMILES string of the molecule is C[C@@H]1CCCC[C@@H]1NC(=O)Cc1ccc(NS(=O)(=O)c2cccs2)cc1. The van der Waals surface area contributed by atoms with Crippen LogP contribution in [-0.4, -0.2) is 20.4 Å². The molecule has 2 atom stereocenters. The molecule has 1 aromatic heterocycles. The van der Waals surface area contributed by atoms with Crippen molar-refractivity contribution in [2.24, 2.45) is 5.92 Å². The lowest BCUT2D eigenvalue weighted by Crippen LogP contribution is -2.41. The van der Waals surface area contributed by atoms with Crippen LogP contribution in [0.15, 0.2) is 46.0 Å². The molecule has 0 aliphatic heterocycles. The highest BCUT2D eigenvalue weighted by atomic mass is 32.2. The minimum atomic E-state index is -3.54. The van der Waals surface area contributed by atoms with Crippen LogP contribution < -0.4 is 10.0 Å². The Hall–Kier alpha value is -1.86. The highest BCUT2D eigenvalue weighted by Crippen LogP contribution is 2.24. The molecule has 0 bridgehead atoms. The molecule has 1 heterocycles. The first-order valence-corrected chi connectivity index (χ1v) is 11.2. The van der Waals surface area contributed by atoms with Crippen LogP contribution in [0.25, 0.3) is 0 Å². The van der Waals surface area contributed by atoms with E-state index in [1.54, 1.807) is 41.8 Å². The summed E-state index contributed by atoms with van der Waals surface area (Å²) in [6, 6.07) is 10.5. The Balaban J connectivity index is 1.56. The maximum absolute atomic E-state index is 12.3. The van der Waals surface area contributed by atoms with Gasteiger partial charge in [0.15, 0.2) is 0 Å². The fourth-order valence-corrected chi connectivity index (χ4v) is 5.34. The molecule has 140 valence electrons. The summed E-state index contributed by atoms with van der Waals surface area (Å²) >= 11 is 1.17. The van der Waals surface area contributed by atoms with Gasteiger partial charge in [-0.25, -0.2) is 8.42 Å². The van der Waals surface area contributed by atoms with Crippen molar-refractivity contribution in [3.63, 3.8) is 0 Å². The molecule has 7 heteroatoms. The summed E-state index contributed by atoms with van der Waals surface area (Å²) < 4.78 is 27.3. The first-order valence-electron chi connectivity index (χ1n) is 8.89. The molecule has 0 radical (unpaired) electrons. The maximum Gasteiger partial charge on any atom is 0.271 e. The zero-order valence-corrected chi connectivity index (χ0v) is 16.4. The van der Waals surface area contributed by atoms with Crippen molar-refractivity contribution in [3.05, 3.63) is 47.3 Å². The molecular formula is C19H24N2O3S2. The number of nitrogens with one attached hydrogen (secondary N) is 2. The van der Waals surface area contributed by atoms with Gasteiger partial charge in [0.1, 0.15) is 4.21 Å². The van der Waals surface area contributed by atoms with E-state index in [-0.39, 0.29) is 16.2 Å². The monoisotopic (exact) mass is 392 g/mol. The zero-order chi connectivity index (χ0) is 18.6. The highest BCUT2D eigenvalue weighted by molar-refractivity contribution is 7.94.